The van der Waals surface area contributed by atoms with Gasteiger partial charge in [-0.05, 0) is 0 Å². The fourth-order valence-electron chi connectivity index (χ4n) is 6.66. The van der Waals surface area contributed by atoms with Gasteiger partial charge in [0, 0.05) is 0 Å². The second kappa shape index (κ2) is 25.2. The van der Waals surface area contributed by atoms with Gasteiger partial charge >= 0.3 is 238 Å². The van der Waals surface area contributed by atoms with E-state index in [9.17, 15) is 0 Å². The van der Waals surface area contributed by atoms with Crippen molar-refractivity contribution in [3.63, 3.8) is 0 Å². The number of hydrogen-bond acceptors (Lipinski definition) is 1. The van der Waals surface area contributed by atoms with Gasteiger partial charge in [-0.1, -0.05) is 13.3 Å². The predicted molar refractivity (Wildman–Crippen MR) is 181 cm³/mol. The Balaban J connectivity index is 2.88. The van der Waals surface area contributed by atoms with Gasteiger partial charge in [0.15, 0.2) is 0 Å². The fourth-order valence-corrected chi connectivity index (χ4v) is 27.7. The van der Waals surface area contributed by atoms with Crippen LogP contribution < -0.4 is 2.89 Å². The normalized spacial score (nSPS) is 12.9. The molecule has 0 aliphatic heterocycles. The molecule has 0 fully saturated rings. The Morgan fingerprint density at radius 3 is 1.34 bits per heavy atom. The van der Waals surface area contributed by atoms with E-state index >= 15 is 0 Å². The average molecular weight is 654 g/mol. The molecule has 1 unspecified atom stereocenters. The molecule has 0 amide bonds. The zero-order valence-electron chi connectivity index (χ0n) is 27.0. The first kappa shape index (κ1) is 36.5. The molecule has 0 aliphatic carbocycles. The van der Waals surface area contributed by atoms with Crippen molar-refractivity contribution in [1.82, 2.24) is 0 Å². The summed E-state index contributed by atoms with van der Waals surface area (Å²) < 4.78 is 6.90. The Bertz CT molecular complexity index is 599. The molecule has 0 saturated carbocycles. The summed E-state index contributed by atoms with van der Waals surface area (Å²) in [5, 5.41) is 2.51. The third kappa shape index (κ3) is 16.1. The van der Waals surface area contributed by atoms with Gasteiger partial charge in [-0.15, -0.1) is 0 Å². The fraction of sp³-hybridized carbons (Fsp3) is 0.889. The van der Waals surface area contributed by atoms with Gasteiger partial charge in [-0.2, -0.15) is 0 Å². The van der Waals surface area contributed by atoms with Crippen molar-refractivity contribution < 1.29 is 0 Å². The molecule has 0 spiro atoms. The molecule has 1 atom stereocenters. The summed E-state index contributed by atoms with van der Waals surface area (Å²) >= 11 is -0.109. The van der Waals surface area contributed by atoms with Gasteiger partial charge < -0.3 is 0 Å². The van der Waals surface area contributed by atoms with E-state index in [4.69, 9.17) is 0 Å². The molecular weight excluding hydrogens is 583 g/mol. The van der Waals surface area contributed by atoms with Crippen LogP contribution in [0.25, 0.3) is 0 Å². The molecule has 0 aliphatic rings. The first-order valence-electron chi connectivity index (χ1n) is 17.7. The van der Waals surface area contributed by atoms with E-state index in [2.05, 4.69) is 57.4 Å². The third-order valence-electron chi connectivity index (χ3n) is 9.20. The molecular formula is C36H70SSn. The van der Waals surface area contributed by atoms with Crippen molar-refractivity contribution in [1.29, 1.82) is 0 Å². The topological polar surface area (TPSA) is 0 Å². The number of rotatable bonds is 28. The van der Waals surface area contributed by atoms with Crippen LogP contribution >= 0.6 is 11.3 Å². The van der Waals surface area contributed by atoms with Crippen molar-refractivity contribution in [2.45, 2.75) is 196 Å². The predicted octanol–water partition coefficient (Wildman–Crippen LogP) is 13.2. The van der Waals surface area contributed by atoms with Crippen LogP contribution in [-0.2, 0) is 6.42 Å². The van der Waals surface area contributed by atoms with Crippen LogP contribution in [0.3, 0.4) is 0 Å². The maximum atomic E-state index is 2.61. The summed E-state index contributed by atoms with van der Waals surface area (Å²) in [6, 6.07) is 2.61. The van der Waals surface area contributed by atoms with Crippen LogP contribution in [-0.4, -0.2) is 18.4 Å². The van der Waals surface area contributed by atoms with E-state index < -0.39 is 18.4 Å². The summed E-state index contributed by atoms with van der Waals surface area (Å²) in [4.78, 5) is 0. The minimum absolute atomic E-state index is 0.933. The molecule has 0 nitrogen and oxygen atoms in total. The quantitative estimate of drug-likeness (QED) is 0.0624. The number of hydrogen-bond donors (Lipinski definition) is 0. The Hall–Kier alpha value is 0.499. The van der Waals surface area contributed by atoms with Crippen LogP contribution in [0, 0.1) is 5.92 Å². The first-order chi connectivity index (χ1) is 18.7. The van der Waals surface area contributed by atoms with E-state index in [1.807, 2.05) is 8.46 Å². The van der Waals surface area contributed by atoms with Crippen molar-refractivity contribution in [3.8, 4) is 0 Å². The Morgan fingerprint density at radius 2 is 0.921 bits per heavy atom. The summed E-state index contributed by atoms with van der Waals surface area (Å²) in [6.45, 7) is 11.9. The molecule has 38 heavy (non-hydrogen) atoms. The third-order valence-corrected chi connectivity index (χ3v) is 28.8. The summed E-state index contributed by atoms with van der Waals surface area (Å²) in [7, 11) is 0. The zero-order valence-corrected chi connectivity index (χ0v) is 30.7. The van der Waals surface area contributed by atoms with Crippen molar-refractivity contribution >= 4 is 32.6 Å². The van der Waals surface area contributed by atoms with Gasteiger partial charge in [0.05, 0.1) is 0 Å². The van der Waals surface area contributed by atoms with Crippen LogP contribution in [0.4, 0.5) is 0 Å². The SMILES string of the molecule is CCCCCCCCCCC(CCCCCCCC)Cc1ccs[c]1[Sn]([CH2]CCC)([CH2]CCC)[CH2]CCC. The first-order valence-corrected chi connectivity index (χ1v) is 26.1. The second-order valence-corrected chi connectivity index (χ2v) is 27.7. The van der Waals surface area contributed by atoms with E-state index in [-0.39, 0.29) is 0 Å². The van der Waals surface area contributed by atoms with Crippen molar-refractivity contribution in [3.05, 3.63) is 17.0 Å². The standard InChI is InChI=1S/C24H43S.3C4H9.Sn/c1-3-5-7-9-11-12-14-16-18-23(21-24-19-20-25-22-24)17-15-13-10-8-6-4-2;3*1-3-4-2;/h19-20,23H,3-18,21H2,1-2H3;3*1,3-4H2,2H3;. The zero-order chi connectivity index (χ0) is 27.7. The van der Waals surface area contributed by atoms with Gasteiger partial charge in [-0.3, -0.25) is 0 Å². The van der Waals surface area contributed by atoms with Gasteiger partial charge in [0.25, 0.3) is 0 Å². The number of thiophene rings is 1. The molecule has 1 rings (SSSR count). The van der Waals surface area contributed by atoms with Crippen molar-refractivity contribution in [2.24, 2.45) is 5.92 Å². The van der Waals surface area contributed by atoms with E-state index in [1.165, 1.54) is 148 Å². The van der Waals surface area contributed by atoms with E-state index in [0.717, 1.165) is 5.92 Å². The Kier molecular flexibility index (Phi) is 24.2. The van der Waals surface area contributed by atoms with Gasteiger partial charge in [0.2, 0.25) is 0 Å². The van der Waals surface area contributed by atoms with E-state index in [0.29, 0.717) is 0 Å². The average Bonchev–Trinajstić information content (AvgIpc) is 3.40. The Labute approximate surface area is 249 Å². The molecule has 0 N–H and O–H groups in total. The monoisotopic (exact) mass is 654 g/mol. The van der Waals surface area contributed by atoms with Crippen LogP contribution in [0.2, 0.25) is 13.3 Å². The summed E-state index contributed by atoms with van der Waals surface area (Å²) in [6.07, 6.45) is 33.3. The molecule has 0 bridgehead atoms. The molecule has 224 valence electrons. The minimum atomic E-state index is -2.33. The van der Waals surface area contributed by atoms with Gasteiger partial charge in [-0.25, -0.2) is 0 Å². The van der Waals surface area contributed by atoms with Crippen LogP contribution in [0.1, 0.15) is 181 Å². The van der Waals surface area contributed by atoms with E-state index in [1.54, 1.807) is 13.3 Å². The molecule has 0 saturated heterocycles. The molecule has 0 aromatic carbocycles. The maximum absolute atomic E-state index is 2.61. The molecule has 0 radical (unpaired) electrons. The van der Waals surface area contributed by atoms with Gasteiger partial charge in [0.1, 0.15) is 0 Å². The second-order valence-electron chi connectivity index (χ2n) is 12.8. The van der Waals surface area contributed by atoms with Crippen LogP contribution in [0.5, 0.6) is 0 Å². The molecule has 1 heterocycles. The molecule has 1 aromatic rings. The molecule has 2 heteroatoms. The Morgan fingerprint density at radius 1 is 0.526 bits per heavy atom. The van der Waals surface area contributed by atoms with Crippen molar-refractivity contribution in [2.75, 3.05) is 0 Å². The number of unbranched alkanes of at least 4 members (excludes halogenated alkanes) is 15. The summed E-state index contributed by atoms with van der Waals surface area (Å²) in [5.41, 5.74) is 1.85. The summed E-state index contributed by atoms with van der Waals surface area (Å²) in [5.74, 6) is 0.933. The van der Waals surface area contributed by atoms with Crippen LogP contribution in [0.15, 0.2) is 11.4 Å². The molecule has 1 aromatic heterocycles.